The van der Waals surface area contributed by atoms with Crippen molar-refractivity contribution in [3.63, 3.8) is 0 Å². The number of nitro groups is 1. The van der Waals surface area contributed by atoms with Gasteiger partial charge in [-0.05, 0) is 42.8 Å². The Morgan fingerprint density at radius 1 is 1.20 bits per heavy atom. The van der Waals surface area contributed by atoms with Crippen molar-refractivity contribution in [3.8, 4) is 0 Å². The molecule has 25 heavy (non-hydrogen) atoms. The third-order valence-electron chi connectivity index (χ3n) is 3.73. The fourth-order valence-corrected chi connectivity index (χ4v) is 2.53. The van der Waals surface area contributed by atoms with Crippen LogP contribution in [0.5, 0.6) is 0 Å². The van der Waals surface area contributed by atoms with Gasteiger partial charge in [0.15, 0.2) is 10.2 Å². The van der Waals surface area contributed by atoms with Crippen molar-refractivity contribution in [2.24, 2.45) is 5.92 Å². The van der Waals surface area contributed by atoms with E-state index in [-0.39, 0.29) is 10.8 Å². The van der Waals surface area contributed by atoms with E-state index >= 15 is 0 Å². The molecule has 0 bridgehead atoms. The molecule has 4 N–H and O–H groups in total. The number of benzene rings is 1. The number of nitro benzene ring substituents is 1. The summed E-state index contributed by atoms with van der Waals surface area (Å²) in [5, 5.41) is 17.5. The number of thiocarbonyl (C=S) groups is 2. The molecule has 0 fully saturated rings. The summed E-state index contributed by atoms with van der Waals surface area (Å²) < 4.78 is 0. The van der Waals surface area contributed by atoms with Gasteiger partial charge >= 0.3 is 0 Å². The Morgan fingerprint density at radius 2 is 1.88 bits per heavy atom. The van der Waals surface area contributed by atoms with E-state index < -0.39 is 4.92 Å². The number of hydrazine groups is 1. The largest absolute Gasteiger partial charge is 0.361 e. The predicted octanol–water partition coefficient (Wildman–Crippen LogP) is 3.48. The van der Waals surface area contributed by atoms with E-state index in [1.807, 2.05) is 0 Å². The minimum absolute atomic E-state index is 0.0472. The quantitative estimate of drug-likeness (QED) is 0.308. The molecule has 0 amide bonds. The molecule has 0 unspecified atom stereocenters. The lowest BCUT2D eigenvalue weighted by atomic mass is 9.99. The highest BCUT2D eigenvalue weighted by Gasteiger charge is 2.13. The normalized spacial score (nSPS) is 11.3. The number of rotatable bonds is 8. The molecule has 0 aliphatic carbocycles. The van der Waals surface area contributed by atoms with Gasteiger partial charge in [-0.1, -0.05) is 45.2 Å². The van der Waals surface area contributed by atoms with Crippen LogP contribution in [0.25, 0.3) is 0 Å². The molecule has 0 heterocycles. The van der Waals surface area contributed by atoms with E-state index in [1.54, 1.807) is 18.2 Å². The van der Waals surface area contributed by atoms with Gasteiger partial charge in [-0.2, -0.15) is 0 Å². The van der Waals surface area contributed by atoms with Crippen LogP contribution >= 0.6 is 24.4 Å². The smallest absolute Gasteiger partial charge is 0.292 e. The molecule has 0 saturated heterocycles. The number of nitrogens with one attached hydrogen (secondary N) is 4. The van der Waals surface area contributed by atoms with Crippen LogP contribution in [-0.4, -0.2) is 21.7 Å². The molecule has 0 aliphatic heterocycles. The van der Waals surface area contributed by atoms with Crippen molar-refractivity contribution in [1.82, 2.24) is 16.2 Å². The van der Waals surface area contributed by atoms with Crippen molar-refractivity contribution in [3.05, 3.63) is 34.4 Å². The van der Waals surface area contributed by atoms with Crippen LogP contribution in [0.4, 0.5) is 11.4 Å². The third-order valence-corrected chi connectivity index (χ3v) is 4.18. The number of hydrogen-bond donors (Lipinski definition) is 4. The van der Waals surface area contributed by atoms with Crippen LogP contribution in [0.2, 0.25) is 0 Å². The molecule has 1 aromatic carbocycles. The highest BCUT2D eigenvalue weighted by atomic mass is 32.1. The zero-order valence-corrected chi connectivity index (χ0v) is 16.1. The van der Waals surface area contributed by atoms with E-state index in [4.69, 9.17) is 24.4 Å². The molecule has 7 nitrogen and oxygen atoms in total. The number of para-hydroxylation sites is 2. The van der Waals surface area contributed by atoms with Crippen LogP contribution in [0.1, 0.15) is 39.5 Å². The highest BCUT2D eigenvalue weighted by molar-refractivity contribution is 7.80. The third kappa shape index (κ3) is 8.08. The average molecular weight is 384 g/mol. The highest BCUT2D eigenvalue weighted by Crippen LogP contribution is 2.22. The van der Waals surface area contributed by atoms with Gasteiger partial charge in [-0.3, -0.25) is 21.0 Å². The zero-order valence-electron chi connectivity index (χ0n) is 14.5. The number of nitrogens with zero attached hydrogens (tertiary/aromatic N) is 1. The molecule has 0 aromatic heterocycles. The van der Waals surface area contributed by atoms with E-state index in [2.05, 4.69) is 35.3 Å². The lowest BCUT2D eigenvalue weighted by Crippen LogP contribution is -2.49. The topological polar surface area (TPSA) is 91.3 Å². The molecular weight excluding hydrogens is 358 g/mol. The Kier molecular flexibility index (Phi) is 9.71. The van der Waals surface area contributed by atoms with Crippen molar-refractivity contribution in [1.29, 1.82) is 0 Å². The molecular formula is C16H25N5O2S2. The Hall–Kier alpha value is -2.00. The summed E-state index contributed by atoms with van der Waals surface area (Å²) in [6.07, 6.45) is 4.67. The van der Waals surface area contributed by atoms with Crippen LogP contribution in [-0.2, 0) is 0 Å². The van der Waals surface area contributed by atoms with Crippen LogP contribution < -0.4 is 21.5 Å². The van der Waals surface area contributed by atoms with Gasteiger partial charge in [0.25, 0.3) is 5.69 Å². The Labute approximate surface area is 159 Å². The summed E-state index contributed by atoms with van der Waals surface area (Å²) in [7, 11) is 0. The lowest BCUT2D eigenvalue weighted by molar-refractivity contribution is -0.383. The second kappa shape index (κ2) is 11.5. The van der Waals surface area contributed by atoms with Crippen molar-refractivity contribution in [2.75, 3.05) is 11.9 Å². The van der Waals surface area contributed by atoms with E-state index in [9.17, 15) is 10.1 Å². The molecule has 0 spiro atoms. The monoisotopic (exact) mass is 383 g/mol. The predicted molar refractivity (Wildman–Crippen MR) is 109 cm³/mol. The zero-order chi connectivity index (χ0) is 18.7. The van der Waals surface area contributed by atoms with Gasteiger partial charge < -0.3 is 10.6 Å². The molecule has 1 aromatic rings. The van der Waals surface area contributed by atoms with Crippen LogP contribution in [0.15, 0.2) is 24.3 Å². The lowest BCUT2D eigenvalue weighted by Gasteiger charge is -2.18. The Balaban J connectivity index is 2.39. The molecule has 1 rings (SSSR count). The molecule has 1 atom stereocenters. The Morgan fingerprint density at radius 3 is 2.52 bits per heavy atom. The molecule has 9 heteroatoms. The van der Waals surface area contributed by atoms with Crippen molar-refractivity contribution < 1.29 is 4.92 Å². The maximum atomic E-state index is 11.0. The summed E-state index contributed by atoms with van der Waals surface area (Å²) in [4.78, 5) is 10.5. The summed E-state index contributed by atoms with van der Waals surface area (Å²) in [6.45, 7) is 5.15. The fraction of sp³-hybridized carbons (Fsp3) is 0.500. The first kappa shape index (κ1) is 21.0. The van der Waals surface area contributed by atoms with Gasteiger partial charge in [0.2, 0.25) is 0 Å². The van der Waals surface area contributed by atoms with Crippen LogP contribution in [0, 0.1) is 16.0 Å². The van der Waals surface area contributed by atoms with E-state index in [0.717, 1.165) is 13.0 Å². The summed E-state index contributed by atoms with van der Waals surface area (Å²) in [6, 6.07) is 6.28. The molecule has 0 saturated carbocycles. The minimum Gasteiger partial charge on any atom is -0.361 e. The van der Waals surface area contributed by atoms with Gasteiger partial charge in [-0.25, -0.2) is 0 Å². The first-order valence-electron chi connectivity index (χ1n) is 8.32. The Bertz CT molecular complexity index is 598. The first-order chi connectivity index (χ1) is 12.0. The second-order valence-corrected chi connectivity index (χ2v) is 6.42. The summed E-state index contributed by atoms with van der Waals surface area (Å²) >= 11 is 10.3. The number of anilines is 1. The summed E-state index contributed by atoms with van der Waals surface area (Å²) in [5.41, 5.74) is 5.78. The average Bonchev–Trinajstić information content (AvgIpc) is 2.60. The second-order valence-electron chi connectivity index (χ2n) is 5.60. The van der Waals surface area contributed by atoms with Gasteiger partial charge in [0, 0.05) is 12.6 Å². The number of unbranched alkanes of at least 4 members (excludes halogenated alkanes) is 1. The fourth-order valence-electron chi connectivity index (χ4n) is 2.23. The van der Waals surface area contributed by atoms with Crippen LogP contribution in [0.3, 0.4) is 0 Å². The first-order valence-corrected chi connectivity index (χ1v) is 9.13. The van der Waals surface area contributed by atoms with Gasteiger partial charge in [-0.15, -0.1) is 0 Å². The maximum absolute atomic E-state index is 11.0. The SMILES string of the molecule is CCCC[C@@H](CC)CNC(=S)NNC(=S)Nc1ccccc1[N+](=O)[O-]. The van der Waals surface area contributed by atoms with Gasteiger partial charge in [0.05, 0.1) is 4.92 Å². The maximum Gasteiger partial charge on any atom is 0.292 e. The van der Waals surface area contributed by atoms with Crippen molar-refractivity contribution in [2.45, 2.75) is 39.5 Å². The minimum atomic E-state index is -0.467. The van der Waals surface area contributed by atoms with E-state index in [0.29, 0.717) is 16.7 Å². The molecule has 0 radical (unpaired) electrons. The molecule has 138 valence electrons. The number of hydrogen-bond acceptors (Lipinski definition) is 4. The summed E-state index contributed by atoms with van der Waals surface area (Å²) in [5.74, 6) is 0.580. The van der Waals surface area contributed by atoms with Gasteiger partial charge in [0.1, 0.15) is 5.69 Å². The molecule has 0 aliphatic rings. The standard InChI is InChI=1S/C16H25N5O2S2/c1-3-5-8-12(4-2)11-17-15(24)19-20-16(25)18-13-9-6-7-10-14(13)21(22)23/h6-7,9-10,12H,3-5,8,11H2,1-2H3,(H2,17,19,24)(H2,18,20,25)/t12-/m1/s1. The van der Waals surface area contributed by atoms with Crippen molar-refractivity contribution >= 4 is 46.0 Å². The van der Waals surface area contributed by atoms with E-state index in [1.165, 1.54) is 25.3 Å².